The number of nitrogens with zero attached hydrogens (tertiary/aromatic N) is 2. The average Bonchev–Trinajstić information content (AvgIpc) is 3.02. The summed E-state index contributed by atoms with van der Waals surface area (Å²) in [6.45, 7) is 0.688. The molecule has 2 heterocycles. The van der Waals surface area contributed by atoms with Gasteiger partial charge in [-0.15, -0.1) is 11.6 Å². The van der Waals surface area contributed by atoms with Gasteiger partial charge in [-0.3, -0.25) is 0 Å². The molecule has 0 radical (unpaired) electrons. The Kier molecular flexibility index (Phi) is 4.10. The summed E-state index contributed by atoms with van der Waals surface area (Å²) in [5, 5.41) is 4.12. The normalized spacial score (nSPS) is 11.3. The molecule has 0 N–H and O–H groups in total. The molecule has 1 aromatic carbocycles. The van der Waals surface area contributed by atoms with Crippen LogP contribution < -0.4 is 0 Å². The van der Waals surface area contributed by atoms with Crippen LogP contribution in [0.3, 0.4) is 0 Å². The van der Waals surface area contributed by atoms with Crippen LogP contribution in [0, 0.1) is 5.82 Å². The first-order chi connectivity index (χ1) is 9.69. The number of alkyl halides is 1. The molecule has 3 aromatic rings. The van der Waals surface area contributed by atoms with E-state index < -0.39 is 0 Å². The summed E-state index contributed by atoms with van der Waals surface area (Å²) in [4.78, 5) is 4.57. The fourth-order valence-electron chi connectivity index (χ4n) is 2.19. The van der Waals surface area contributed by atoms with Crippen LogP contribution in [0.15, 0.2) is 33.4 Å². The molecule has 0 aliphatic heterocycles. The number of aromatic nitrogens is 2. The summed E-state index contributed by atoms with van der Waals surface area (Å²) in [6, 6.07) is 5.30. The Balaban J connectivity index is 2.15. The van der Waals surface area contributed by atoms with Crippen molar-refractivity contribution >= 4 is 49.9 Å². The maximum absolute atomic E-state index is 13.8. The number of rotatable bonds is 4. The fraction of sp³-hybridized carbons (Fsp3) is 0.214. The lowest BCUT2D eigenvalue weighted by Gasteiger charge is -2.07. The van der Waals surface area contributed by atoms with Crippen LogP contribution in [-0.2, 0) is 13.0 Å². The van der Waals surface area contributed by atoms with Crippen molar-refractivity contribution in [1.82, 2.24) is 9.55 Å². The zero-order valence-corrected chi connectivity index (χ0v) is 13.6. The average molecular weight is 374 g/mol. The molecule has 0 aliphatic rings. The number of thiophene rings is 1. The van der Waals surface area contributed by atoms with Gasteiger partial charge in [-0.2, -0.15) is 11.3 Å². The van der Waals surface area contributed by atoms with Gasteiger partial charge in [-0.25, -0.2) is 9.37 Å². The molecule has 0 aliphatic carbocycles. The Labute approximate surface area is 133 Å². The van der Waals surface area contributed by atoms with E-state index in [0.29, 0.717) is 23.3 Å². The van der Waals surface area contributed by atoms with E-state index in [1.165, 1.54) is 11.6 Å². The van der Waals surface area contributed by atoms with Gasteiger partial charge in [-0.1, -0.05) is 0 Å². The second-order valence-corrected chi connectivity index (χ2v) is 6.45. The summed E-state index contributed by atoms with van der Waals surface area (Å²) >= 11 is 10.7. The monoisotopic (exact) mass is 372 g/mol. The van der Waals surface area contributed by atoms with E-state index in [9.17, 15) is 4.39 Å². The largest absolute Gasteiger partial charge is 0.323 e. The van der Waals surface area contributed by atoms with Gasteiger partial charge in [0.05, 0.1) is 22.1 Å². The summed E-state index contributed by atoms with van der Waals surface area (Å²) in [5.41, 5.74) is 2.78. The molecule has 3 rings (SSSR count). The minimum absolute atomic E-state index is 0.276. The molecule has 0 atom stereocenters. The minimum atomic E-state index is -0.276. The van der Waals surface area contributed by atoms with Gasteiger partial charge in [0.15, 0.2) is 0 Å². The topological polar surface area (TPSA) is 17.8 Å². The predicted octanol–water partition coefficient (Wildman–Crippen LogP) is 4.83. The van der Waals surface area contributed by atoms with Crippen molar-refractivity contribution < 1.29 is 4.39 Å². The molecule has 2 nitrogen and oxygen atoms in total. The quantitative estimate of drug-likeness (QED) is 0.599. The lowest BCUT2D eigenvalue weighted by Crippen LogP contribution is -2.05. The van der Waals surface area contributed by atoms with Gasteiger partial charge >= 0.3 is 0 Å². The molecular weight excluding hydrogens is 363 g/mol. The van der Waals surface area contributed by atoms with Gasteiger partial charge in [-0.05, 0) is 44.4 Å². The number of fused-ring (bicyclic) bond motifs is 1. The molecule has 0 fully saturated rings. The van der Waals surface area contributed by atoms with Crippen molar-refractivity contribution in [3.05, 3.63) is 50.6 Å². The van der Waals surface area contributed by atoms with E-state index in [-0.39, 0.29) is 5.82 Å². The molecule has 0 spiro atoms. The van der Waals surface area contributed by atoms with Crippen LogP contribution in [0.4, 0.5) is 4.39 Å². The summed E-state index contributed by atoms with van der Waals surface area (Å²) in [7, 11) is 0. The third-order valence-electron chi connectivity index (χ3n) is 3.11. The van der Waals surface area contributed by atoms with E-state index in [1.54, 1.807) is 17.4 Å². The van der Waals surface area contributed by atoms with Crippen molar-refractivity contribution in [1.29, 1.82) is 0 Å². The Morgan fingerprint density at radius 3 is 2.95 bits per heavy atom. The van der Waals surface area contributed by atoms with Crippen LogP contribution in [-0.4, -0.2) is 15.4 Å². The van der Waals surface area contributed by atoms with Crippen molar-refractivity contribution in [2.45, 2.75) is 13.0 Å². The Hall–Kier alpha value is -0.910. The molecule has 0 saturated heterocycles. The molecule has 2 aromatic heterocycles. The summed E-state index contributed by atoms with van der Waals surface area (Å²) in [5.74, 6) is 1.11. The van der Waals surface area contributed by atoms with E-state index >= 15 is 0 Å². The molecule has 0 saturated carbocycles. The SMILES string of the molecule is Fc1cc2c(cc1Br)nc(CCCl)n2Cc1ccsc1. The fourth-order valence-corrected chi connectivity index (χ4v) is 3.35. The first kappa shape index (κ1) is 14.0. The zero-order chi connectivity index (χ0) is 14.1. The number of aryl methyl sites for hydroxylation is 1. The highest BCUT2D eigenvalue weighted by Crippen LogP contribution is 2.25. The van der Waals surface area contributed by atoms with Gasteiger partial charge < -0.3 is 4.57 Å². The Morgan fingerprint density at radius 2 is 2.25 bits per heavy atom. The molecule has 104 valence electrons. The number of halogens is 3. The van der Waals surface area contributed by atoms with Crippen LogP contribution in [0.1, 0.15) is 11.4 Å². The van der Waals surface area contributed by atoms with E-state index in [1.807, 2.05) is 9.95 Å². The number of hydrogen-bond acceptors (Lipinski definition) is 2. The second-order valence-electron chi connectivity index (χ2n) is 4.44. The second kappa shape index (κ2) is 5.84. The number of benzene rings is 1. The Morgan fingerprint density at radius 1 is 1.40 bits per heavy atom. The standard InChI is InChI=1S/C14H11BrClFN2S/c15-10-5-12-13(6-11(10)17)19(14(18-12)1-3-16)7-9-2-4-20-8-9/h2,4-6,8H,1,3,7H2. The zero-order valence-electron chi connectivity index (χ0n) is 10.4. The molecule has 0 amide bonds. The predicted molar refractivity (Wildman–Crippen MR) is 85.2 cm³/mol. The maximum atomic E-state index is 13.8. The highest BCUT2D eigenvalue weighted by Gasteiger charge is 2.13. The van der Waals surface area contributed by atoms with Crippen molar-refractivity contribution in [3.8, 4) is 0 Å². The summed E-state index contributed by atoms with van der Waals surface area (Å²) in [6.07, 6.45) is 0.666. The number of hydrogen-bond donors (Lipinski definition) is 0. The first-order valence-corrected chi connectivity index (χ1v) is 8.37. The van der Waals surface area contributed by atoms with Gasteiger partial charge in [0, 0.05) is 18.4 Å². The highest BCUT2D eigenvalue weighted by atomic mass is 79.9. The van der Waals surface area contributed by atoms with Crippen molar-refractivity contribution in [3.63, 3.8) is 0 Å². The number of imidazole rings is 1. The minimum Gasteiger partial charge on any atom is -0.323 e. The van der Waals surface area contributed by atoms with Crippen LogP contribution in [0.2, 0.25) is 0 Å². The van der Waals surface area contributed by atoms with Gasteiger partial charge in [0.2, 0.25) is 0 Å². The highest BCUT2D eigenvalue weighted by molar-refractivity contribution is 9.10. The maximum Gasteiger partial charge on any atom is 0.139 e. The first-order valence-electron chi connectivity index (χ1n) is 6.10. The third kappa shape index (κ3) is 2.62. The van der Waals surface area contributed by atoms with E-state index in [0.717, 1.165) is 16.9 Å². The van der Waals surface area contributed by atoms with E-state index in [2.05, 4.69) is 32.4 Å². The van der Waals surface area contributed by atoms with Crippen LogP contribution in [0.5, 0.6) is 0 Å². The summed E-state index contributed by atoms with van der Waals surface area (Å²) < 4.78 is 16.3. The van der Waals surface area contributed by atoms with Crippen molar-refractivity contribution in [2.75, 3.05) is 5.88 Å². The molecule has 0 unspecified atom stereocenters. The van der Waals surface area contributed by atoms with Crippen LogP contribution >= 0.6 is 38.9 Å². The Bertz CT molecular complexity index is 739. The molecule has 0 bridgehead atoms. The third-order valence-corrected chi connectivity index (χ3v) is 4.64. The van der Waals surface area contributed by atoms with Gasteiger partial charge in [0.25, 0.3) is 0 Å². The van der Waals surface area contributed by atoms with Gasteiger partial charge in [0.1, 0.15) is 11.6 Å². The van der Waals surface area contributed by atoms with Crippen LogP contribution in [0.25, 0.3) is 11.0 Å². The molecule has 6 heteroatoms. The van der Waals surface area contributed by atoms with E-state index in [4.69, 9.17) is 11.6 Å². The lowest BCUT2D eigenvalue weighted by atomic mass is 10.3. The van der Waals surface area contributed by atoms with Crippen molar-refractivity contribution in [2.24, 2.45) is 0 Å². The molecule has 20 heavy (non-hydrogen) atoms. The smallest absolute Gasteiger partial charge is 0.139 e. The lowest BCUT2D eigenvalue weighted by molar-refractivity contribution is 0.621. The molecular formula is C14H11BrClFN2S.